The van der Waals surface area contributed by atoms with Gasteiger partial charge < -0.3 is 14.4 Å². The fourth-order valence-corrected chi connectivity index (χ4v) is 4.14. The molecule has 1 aromatic heterocycles. The molecular formula is C18H28N2O3. The molecule has 0 aliphatic carbocycles. The summed E-state index contributed by atoms with van der Waals surface area (Å²) in [7, 11) is 0. The highest BCUT2D eigenvalue weighted by Crippen LogP contribution is 2.39. The molecule has 3 rings (SSSR count). The molecule has 1 unspecified atom stereocenters. The van der Waals surface area contributed by atoms with E-state index in [1.165, 1.54) is 12.8 Å². The van der Waals surface area contributed by atoms with Gasteiger partial charge in [0, 0.05) is 38.1 Å². The lowest BCUT2D eigenvalue weighted by molar-refractivity contribution is -0.139. The summed E-state index contributed by atoms with van der Waals surface area (Å²) in [6, 6.07) is 4.08. The Bertz CT molecular complexity index is 542. The smallest absolute Gasteiger partial charge is 0.222 e. The van der Waals surface area contributed by atoms with E-state index in [0.29, 0.717) is 19.4 Å². The Kier molecular flexibility index (Phi) is 5.07. The van der Waals surface area contributed by atoms with Crippen LogP contribution >= 0.6 is 0 Å². The van der Waals surface area contributed by atoms with Gasteiger partial charge in [0.1, 0.15) is 11.5 Å². The first kappa shape index (κ1) is 16.5. The van der Waals surface area contributed by atoms with Crippen LogP contribution in [0.25, 0.3) is 0 Å². The number of aliphatic hydroxyl groups is 1. The molecule has 1 N–H and O–H groups in total. The van der Waals surface area contributed by atoms with E-state index >= 15 is 0 Å². The van der Waals surface area contributed by atoms with Crippen molar-refractivity contribution >= 4 is 5.91 Å². The van der Waals surface area contributed by atoms with Gasteiger partial charge >= 0.3 is 0 Å². The second kappa shape index (κ2) is 7.05. The number of furan rings is 1. The number of nitrogens with zero attached hydrogens (tertiary/aromatic N) is 2. The Morgan fingerprint density at radius 3 is 2.91 bits per heavy atom. The Morgan fingerprint density at radius 1 is 1.30 bits per heavy atom. The summed E-state index contributed by atoms with van der Waals surface area (Å²) in [6.45, 7) is 6.67. The largest absolute Gasteiger partial charge is 0.465 e. The Balaban J connectivity index is 1.63. The minimum absolute atomic E-state index is 0.154. The van der Waals surface area contributed by atoms with Crippen LogP contribution in [0.3, 0.4) is 0 Å². The first-order valence-electron chi connectivity index (χ1n) is 8.77. The van der Waals surface area contributed by atoms with Gasteiger partial charge in [-0.05, 0) is 51.3 Å². The topological polar surface area (TPSA) is 56.9 Å². The van der Waals surface area contributed by atoms with Crippen molar-refractivity contribution in [2.75, 3.05) is 32.8 Å². The van der Waals surface area contributed by atoms with Gasteiger partial charge in [-0.2, -0.15) is 0 Å². The third-order valence-electron chi connectivity index (χ3n) is 5.25. The van der Waals surface area contributed by atoms with Crippen molar-refractivity contribution in [3.05, 3.63) is 23.7 Å². The highest BCUT2D eigenvalue weighted by molar-refractivity contribution is 5.77. The van der Waals surface area contributed by atoms with E-state index in [-0.39, 0.29) is 17.9 Å². The van der Waals surface area contributed by atoms with E-state index in [4.69, 9.17) is 9.52 Å². The van der Waals surface area contributed by atoms with Gasteiger partial charge in [0.2, 0.25) is 5.91 Å². The van der Waals surface area contributed by atoms with Crippen LogP contribution < -0.4 is 0 Å². The number of amides is 1. The van der Waals surface area contributed by atoms with Crippen LogP contribution in [-0.2, 0) is 11.3 Å². The fourth-order valence-electron chi connectivity index (χ4n) is 4.14. The zero-order chi connectivity index (χ0) is 16.3. The molecular weight excluding hydrogens is 292 g/mol. The Hall–Kier alpha value is -1.33. The summed E-state index contributed by atoms with van der Waals surface area (Å²) >= 11 is 0. The van der Waals surface area contributed by atoms with Crippen molar-refractivity contribution < 1.29 is 14.3 Å². The van der Waals surface area contributed by atoms with Gasteiger partial charge in [0.05, 0.1) is 6.54 Å². The van der Waals surface area contributed by atoms with Crippen LogP contribution in [0.2, 0.25) is 0 Å². The minimum Gasteiger partial charge on any atom is -0.465 e. The van der Waals surface area contributed by atoms with Crippen LogP contribution in [0.4, 0.5) is 0 Å². The lowest BCUT2D eigenvalue weighted by atomic mass is 9.73. The minimum atomic E-state index is 0.154. The number of rotatable bonds is 5. The Morgan fingerprint density at radius 2 is 2.17 bits per heavy atom. The summed E-state index contributed by atoms with van der Waals surface area (Å²) in [6.07, 6.45) is 4.71. The van der Waals surface area contributed by atoms with Gasteiger partial charge in [0.25, 0.3) is 0 Å². The highest BCUT2D eigenvalue weighted by Gasteiger charge is 2.41. The lowest BCUT2D eigenvalue weighted by Crippen LogP contribution is -2.54. The third kappa shape index (κ3) is 3.96. The van der Waals surface area contributed by atoms with Gasteiger partial charge in [-0.15, -0.1) is 0 Å². The van der Waals surface area contributed by atoms with Crippen LogP contribution in [0.15, 0.2) is 16.5 Å². The van der Waals surface area contributed by atoms with Crippen molar-refractivity contribution in [3.63, 3.8) is 0 Å². The number of carbonyl (C=O) groups excluding carboxylic acids is 1. The summed E-state index contributed by atoms with van der Waals surface area (Å²) in [5.74, 6) is 2.25. The third-order valence-corrected chi connectivity index (χ3v) is 5.25. The molecule has 0 aromatic carbocycles. The van der Waals surface area contributed by atoms with Crippen molar-refractivity contribution in [2.24, 2.45) is 5.41 Å². The van der Waals surface area contributed by atoms with E-state index in [1.54, 1.807) is 0 Å². The second-order valence-electron chi connectivity index (χ2n) is 7.22. The molecule has 2 aliphatic heterocycles. The molecule has 5 heteroatoms. The van der Waals surface area contributed by atoms with Gasteiger partial charge in [-0.25, -0.2) is 0 Å². The maximum Gasteiger partial charge on any atom is 0.222 e. The van der Waals surface area contributed by atoms with E-state index in [1.807, 2.05) is 17.9 Å². The van der Waals surface area contributed by atoms with Crippen LogP contribution in [0.1, 0.15) is 43.6 Å². The molecule has 3 heterocycles. The molecule has 1 spiro atoms. The maximum absolute atomic E-state index is 12.1. The quantitative estimate of drug-likeness (QED) is 0.903. The van der Waals surface area contributed by atoms with Crippen molar-refractivity contribution in [2.45, 2.75) is 45.6 Å². The molecule has 0 bridgehead atoms. The van der Waals surface area contributed by atoms with Gasteiger partial charge in [0.15, 0.2) is 0 Å². The van der Waals surface area contributed by atoms with Crippen LogP contribution in [0, 0.1) is 12.3 Å². The molecule has 0 radical (unpaired) electrons. The van der Waals surface area contributed by atoms with Crippen molar-refractivity contribution in [1.82, 2.24) is 9.80 Å². The van der Waals surface area contributed by atoms with Crippen LogP contribution in [-0.4, -0.2) is 53.6 Å². The van der Waals surface area contributed by atoms with Gasteiger partial charge in [-0.3, -0.25) is 9.69 Å². The van der Waals surface area contributed by atoms with Gasteiger partial charge in [-0.1, -0.05) is 0 Å². The molecule has 1 amide bonds. The van der Waals surface area contributed by atoms with Crippen molar-refractivity contribution in [1.29, 1.82) is 0 Å². The van der Waals surface area contributed by atoms with E-state index in [9.17, 15) is 4.79 Å². The molecule has 128 valence electrons. The summed E-state index contributed by atoms with van der Waals surface area (Å²) < 4.78 is 5.72. The molecule has 5 nitrogen and oxygen atoms in total. The number of carbonyl (C=O) groups is 1. The van der Waals surface area contributed by atoms with Crippen LogP contribution in [0.5, 0.6) is 0 Å². The molecule has 0 saturated carbocycles. The first-order valence-corrected chi connectivity index (χ1v) is 8.77. The predicted molar refractivity (Wildman–Crippen MR) is 87.9 cm³/mol. The normalized spacial score (nSPS) is 26.2. The zero-order valence-electron chi connectivity index (χ0n) is 14.1. The summed E-state index contributed by atoms with van der Waals surface area (Å²) in [4.78, 5) is 16.6. The molecule has 1 atom stereocenters. The number of piperidine rings is 2. The summed E-state index contributed by atoms with van der Waals surface area (Å²) in [5, 5.41) is 9.04. The molecule has 23 heavy (non-hydrogen) atoms. The average Bonchev–Trinajstić information content (AvgIpc) is 2.94. The number of likely N-dealkylation sites (tertiary alicyclic amines) is 2. The van der Waals surface area contributed by atoms with E-state index in [2.05, 4.69) is 11.0 Å². The second-order valence-corrected chi connectivity index (χ2v) is 7.22. The number of aliphatic hydroxyl groups excluding tert-OH is 1. The van der Waals surface area contributed by atoms with E-state index < -0.39 is 0 Å². The molecule has 1 aromatic rings. The number of aryl methyl sites for hydroxylation is 1. The lowest BCUT2D eigenvalue weighted by Gasteiger charge is -2.48. The van der Waals surface area contributed by atoms with E-state index in [0.717, 1.165) is 44.1 Å². The SMILES string of the molecule is Cc1ccc(CN2CCCC3(CCC(=O)N(CCCO)C3)C2)o1. The first-order chi connectivity index (χ1) is 11.1. The molecule has 2 fully saturated rings. The summed E-state index contributed by atoms with van der Waals surface area (Å²) in [5.41, 5.74) is 0.225. The molecule has 2 aliphatic rings. The molecule has 2 saturated heterocycles. The standard InChI is InChI=1S/C18H28N2O3/c1-15-4-5-16(23-15)12-19-9-2-7-18(13-19)8-6-17(22)20(14-18)10-3-11-21/h4-5,21H,2-3,6-14H2,1H3. The number of hydrogen-bond donors (Lipinski definition) is 1. The highest BCUT2D eigenvalue weighted by atomic mass is 16.3. The number of hydrogen-bond acceptors (Lipinski definition) is 4. The fraction of sp³-hybridized carbons (Fsp3) is 0.722. The monoisotopic (exact) mass is 320 g/mol. The zero-order valence-corrected chi connectivity index (χ0v) is 14.1. The predicted octanol–water partition coefficient (Wildman–Crippen LogP) is 2.18. The average molecular weight is 320 g/mol. The van der Waals surface area contributed by atoms with Crippen molar-refractivity contribution in [3.8, 4) is 0 Å². The Labute approximate surface area is 138 Å². The maximum atomic E-state index is 12.1.